The van der Waals surface area contributed by atoms with Gasteiger partial charge in [-0.1, -0.05) is 42.5 Å². The Labute approximate surface area is 133 Å². The Kier molecular flexibility index (Phi) is 4.64. The van der Waals surface area contributed by atoms with Crippen molar-refractivity contribution in [1.29, 1.82) is 0 Å². The summed E-state index contributed by atoms with van der Waals surface area (Å²) in [7, 11) is 0. The molecule has 1 N–H and O–H groups in total. The van der Waals surface area contributed by atoms with E-state index >= 15 is 0 Å². The van der Waals surface area contributed by atoms with Crippen molar-refractivity contribution in [2.24, 2.45) is 0 Å². The lowest BCUT2D eigenvalue weighted by Gasteiger charge is -2.22. The number of nitrogens with zero attached hydrogens (tertiary/aromatic N) is 1. The largest absolute Gasteiger partial charge is 0.482 e. The number of rotatable bonds is 6. The predicted molar refractivity (Wildman–Crippen MR) is 84.5 cm³/mol. The van der Waals surface area contributed by atoms with Gasteiger partial charge >= 0.3 is 11.7 Å². The first-order chi connectivity index (χ1) is 10.8. The molecule has 0 heterocycles. The van der Waals surface area contributed by atoms with Crippen molar-refractivity contribution in [3.8, 4) is 5.75 Å². The number of hydrogen-bond acceptors (Lipinski definition) is 4. The molecule has 0 aliphatic heterocycles. The fourth-order valence-electron chi connectivity index (χ4n) is 2.16. The number of aliphatic carboxylic acids is 1. The summed E-state index contributed by atoms with van der Waals surface area (Å²) in [6.45, 7) is 3.10. The highest BCUT2D eigenvalue weighted by molar-refractivity contribution is 5.82. The minimum Gasteiger partial charge on any atom is -0.482 e. The zero-order valence-corrected chi connectivity index (χ0v) is 12.9. The fraction of sp³-hybridized carbons (Fsp3) is 0.235. The van der Waals surface area contributed by atoms with E-state index in [4.69, 9.17) is 4.74 Å². The molecule has 0 aromatic heterocycles. The Morgan fingerprint density at radius 1 is 1.17 bits per heavy atom. The molecule has 0 spiro atoms. The lowest BCUT2D eigenvalue weighted by molar-refractivity contribution is -0.386. The van der Waals surface area contributed by atoms with Crippen LogP contribution in [0.25, 0.3) is 0 Å². The first kappa shape index (κ1) is 16.5. The van der Waals surface area contributed by atoms with Crippen molar-refractivity contribution in [1.82, 2.24) is 0 Å². The molecule has 0 atom stereocenters. The molecule has 6 nitrogen and oxygen atoms in total. The maximum absolute atomic E-state index is 11.5. The van der Waals surface area contributed by atoms with E-state index in [9.17, 15) is 20.0 Å². The summed E-state index contributed by atoms with van der Waals surface area (Å²) in [5.41, 5.74) is -0.439. The molecule has 120 valence electrons. The number of nitro benzene ring substituents is 1. The second-order valence-electron chi connectivity index (χ2n) is 5.62. The average Bonchev–Trinajstić information content (AvgIpc) is 2.53. The van der Waals surface area contributed by atoms with Crippen LogP contribution >= 0.6 is 0 Å². The molecule has 0 aliphatic carbocycles. The lowest BCUT2D eigenvalue weighted by Crippen LogP contribution is -2.29. The topological polar surface area (TPSA) is 89.7 Å². The Morgan fingerprint density at radius 3 is 2.39 bits per heavy atom. The molecule has 0 fully saturated rings. The van der Waals surface area contributed by atoms with Crippen LogP contribution in [0.1, 0.15) is 25.0 Å². The van der Waals surface area contributed by atoms with E-state index in [-0.39, 0.29) is 23.6 Å². The quantitative estimate of drug-likeness (QED) is 0.650. The van der Waals surface area contributed by atoms with Gasteiger partial charge in [-0.25, -0.2) is 0 Å². The number of ether oxygens (including phenoxy) is 1. The molecular weight excluding hydrogens is 298 g/mol. The van der Waals surface area contributed by atoms with Gasteiger partial charge in [0.05, 0.1) is 10.3 Å². The van der Waals surface area contributed by atoms with Gasteiger partial charge in [-0.05, 0) is 19.4 Å². The van der Waals surface area contributed by atoms with Crippen molar-refractivity contribution in [3.05, 3.63) is 69.8 Å². The lowest BCUT2D eigenvalue weighted by atomic mass is 9.84. The van der Waals surface area contributed by atoms with Gasteiger partial charge < -0.3 is 9.84 Å². The van der Waals surface area contributed by atoms with Gasteiger partial charge in [-0.3, -0.25) is 14.9 Å². The van der Waals surface area contributed by atoms with E-state index in [1.165, 1.54) is 26.0 Å². The van der Waals surface area contributed by atoms with Crippen molar-refractivity contribution >= 4 is 11.7 Å². The molecule has 0 radical (unpaired) electrons. The molecule has 0 saturated heterocycles. The summed E-state index contributed by atoms with van der Waals surface area (Å²) in [5.74, 6) is -1.09. The summed E-state index contributed by atoms with van der Waals surface area (Å²) in [6, 6.07) is 13.5. The fourth-order valence-corrected chi connectivity index (χ4v) is 2.16. The van der Waals surface area contributed by atoms with Crippen LogP contribution in [0, 0.1) is 10.1 Å². The molecule has 0 aliphatic rings. The van der Waals surface area contributed by atoms with E-state index in [2.05, 4.69) is 0 Å². The van der Waals surface area contributed by atoms with Gasteiger partial charge in [-0.2, -0.15) is 0 Å². The van der Waals surface area contributed by atoms with Gasteiger partial charge in [0, 0.05) is 11.6 Å². The van der Waals surface area contributed by atoms with Crippen LogP contribution in [-0.2, 0) is 16.8 Å². The van der Waals surface area contributed by atoms with Crippen LogP contribution in [-0.4, -0.2) is 16.0 Å². The molecular formula is C17H17NO5. The number of nitro groups is 1. The highest BCUT2D eigenvalue weighted by atomic mass is 16.6. The molecule has 2 aromatic carbocycles. The average molecular weight is 315 g/mol. The van der Waals surface area contributed by atoms with Crippen molar-refractivity contribution in [3.63, 3.8) is 0 Å². The second-order valence-corrected chi connectivity index (χ2v) is 5.62. The highest BCUT2D eigenvalue weighted by Crippen LogP contribution is 2.39. The number of carbonyl (C=O) groups is 1. The number of benzene rings is 2. The van der Waals surface area contributed by atoms with Gasteiger partial charge in [0.2, 0.25) is 5.75 Å². The van der Waals surface area contributed by atoms with Crippen molar-refractivity contribution in [2.45, 2.75) is 25.9 Å². The third kappa shape index (κ3) is 3.48. The molecule has 0 saturated carbocycles. The highest BCUT2D eigenvalue weighted by Gasteiger charge is 2.35. The van der Waals surface area contributed by atoms with Crippen LogP contribution in [0.3, 0.4) is 0 Å². The summed E-state index contributed by atoms with van der Waals surface area (Å²) >= 11 is 0. The van der Waals surface area contributed by atoms with Crippen LogP contribution in [0.15, 0.2) is 48.5 Å². The molecule has 0 amide bonds. The van der Waals surface area contributed by atoms with Gasteiger partial charge in [0.15, 0.2) is 0 Å². The first-order valence-electron chi connectivity index (χ1n) is 7.02. The minimum absolute atomic E-state index is 0.00578. The molecule has 0 bridgehead atoms. The van der Waals surface area contributed by atoms with Crippen LogP contribution in [0.2, 0.25) is 0 Å². The van der Waals surface area contributed by atoms with Crippen molar-refractivity contribution in [2.75, 3.05) is 0 Å². The number of para-hydroxylation sites is 1. The van der Waals surface area contributed by atoms with Gasteiger partial charge in [0.1, 0.15) is 6.61 Å². The predicted octanol–water partition coefficient (Wildman–Crippen LogP) is 3.54. The van der Waals surface area contributed by atoms with E-state index in [1.807, 2.05) is 30.3 Å². The maximum Gasteiger partial charge on any atom is 0.313 e. The number of hydrogen-bond donors (Lipinski definition) is 1. The van der Waals surface area contributed by atoms with E-state index < -0.39 is 16.3 Å². The van der Waals surface area contributed by atoms with Crippen molar-refractivity contribution < 1.29 is 19.6 Å². The second kappa shape index (κ2) is 6.48. The summed E-state index contributed by atoms with van der Waals surface area (Å²) in [5, 5.41) is 20.7. The third-order valence-corrected chi connectivity index (χ3v) is 3.62. The standard InChI is InChI=1S/C17H17NO5/c1-17(2,16(19)20)13-9-6-10-14(18(21)22)15(13)23-11-12-7-4-3-5-8-12/h3-10H,11H2,1-2H3,(H,19,20). The Hall–Kier alpha value is -2.89. The zero-order chi connectivity index (χ0) is 17.0. The third-order valence-electron chi connectivity index (χ3n) is 3.62. The Morgan fingerprint density at radius 2 is 1.83 bits per heavy atom. The van der Waals surface area contributed by atoms with Crippen LogP contribution in [0.5, 0.6) is 5.75 Å². The van der Waals surface area contributed by atoms with Gasteiger partial charge in [0.25, 0.3) is 0 Å². The minimum atomic E-state index is -1.31. The van der Waals surface area contributed by atoms with E-state index in [0.29, 0.717) is 0 Å². The molecule has 0 unspecified atom stereocenters. The summed E-state index contributed by atoms with van der Waals surface area (Å²) in [6.07, 6.45) is 0. The van der Waals surface area contributed by atoms with Crippen LogP contribution in [0.4, 0.5) is 5.69 Å². The Bertz CT molecular complexity index is 725. The summed E-state index contributed by atoms with van der Waals surface area (Å²) in [4.78, 5) is 22.2. The smallest absolute Gasteiger partial charge is 0.313 e. The van der Waals surface area contributed by atoms with E-state index in [0.717, 1.165) is 5.56 Å². The summed E-state index contributed by atoms with van der Waals surface area (Å²) < 4.78 is 5.65. The zero-order valence-electron chi connectivity index (χ0n) is 12.9. The maximum atomic E-state index is 11.5. The normalized spacial score (nSPS) is 11.0. The first-order valence-corrected chi connectivity index (χ1v) is 7.02. The number of carboxylic acids is 1. The molecule has 2 aromatic rings. The molecule has 6 heteroatoms. The SMILES string of the molecule is CC(C)(C(=O)O)c1cccc([N+](=O)[O-])c1OCc1ccccc1. The molecule has 23 heavy (non-hydrogen) atoms. The monoisotopic (exact) mass is 315 g/mol. The molecule has 2 rings (SSSR count). The number of carboxylic acid groups (broad SMARTS) is 1. The van der Waals surface area contributed by atoms with Gasteiger partial charge in [-0.15, -0.1) is 0 Å². The van der Waals surface area contributed by atoms with E-state index in [1.54, 1.807) is 6.07 Å². The Balaban J connectivity index is 2.46. The van der Waals surface area contributed by atoms with Crippen LogP contribution < -0.4 is 4.74 Å².